The number of benzene rings is 2. The van der Waals surface area contributed by atoms with Crippen molar-refractivity contribution in [1.29, 1.82) is 0 Å². The van der Waals surface area contributed by atoms with Crippen molar-refractivity contribution in [3.63, 3.8) is 0 Å². The molecular weight excluding hydrogens is 576 g/mol. The van der Waals surface area contributed by atoms with Gasteiger partial charge in [0.05, 0.1) is 44.2 Å². The zero-order chi connectivity index (χ0) is 30.4. The number of halogens is 4. The zero-order valence-corrected chi connectivity index (χ0v) is 23.3. The molecule has 1 atom stereocenters. The normalized spacial score (nSPS) is 13.3. The Morgan fingerprint density at radius 3 is 2.45 bits per heavy atom. The van der Waals surface area contributed by atoms with Gasteiger partial charge in [-0.3, -0.25) is 19.1 Å². The van der Waals surface area contributed by atoms with Gasteiger partial charge in [-0.1, -0.05) is 19.0 Å². The molecule has 0 spiro atoms. The predicted octanol–water partition coefficient (Wildman–Crippen LogP) is 6.43. The number of nitrogens with one attached hydrogen (secondary N) is 1. The van der Waals surface area contributed by atoms with Crippen LogP contribution in [-0.4, -0.2) is 31.9 Å². The molecule has 5 rings (SSSR count). The lowest BCUT2D eigenvalue weighted by Gasteiger charge is -2.20. The molecule has 1 unspecified atom stereocenters. The summed E-state index contributed by atoms with van der Waals surface area (Å²) in [6.45, 7) is 3.79. The number of alkyl halides is 3. The van der Waals surface area contributed by atoms with Gasteiger partial charge in [0.15, 0.2) is 5.82 Å². The number of rotatable bonds is 7. The van der Waals surface area contributed by atoms with Crippen LogP contribution in [0.5, 0.6) is 5.75 Å². The molecule has 13 heteroatoms. The summed E-state index contributed by atoms with van der Waals surface area (Å²) in [4.78, 5) is 17.6. The van der Waals surface area contributed by atoms with Crippen LogP contribution in [0.1, 0.15) is 30.9 Å². The van der Waals surface area contributed by atoms with E-state index in [1.807, 2.05) is 13.8 Å². The maximum Gasteiger partial charge on any atom is 0.417 e. The first kappa shape index (κ1) is 28.9. The zero-order valence-electron chi connectivity index (χ0n) is 22.5. The molecule has 0 radical (unpaired) electrons. The third-order valence-corrected chi connectivity index (χ3v) is 8.16. The largest absolute Gasteiger partial charge is 0.495 e. The highest BCUT2D eigenvalue weighted by atomic mass is 32.2. The summed E-state index contributed by atoms with van der Waals surface area (Å²) < 4.78 is 82.2. The molecule has 0 amide bonds. The summed E-state index contributed by atoms with van der Waals surface area (Å²) in [5, 5.41) is 4.28. The lowest BCUT2D eigenvalue weighted by atomic mass is 9.98. The Labute approximate surface area is 237 Å². The van der Waals surface area contributed by atoms with Crippen LogP contribution in [0.15, 0.2) is 81.3 Å². The van der Waals surface area contributed by atoms with E-state index < -0.39 is 32.8 Å². The van der Waals surface area contributed by atoms with Crippen molar-refractivity contribution in [1.82, 2.24) is 14.7 Å². The van der Waals surface area contributed by atoms with Crippen molar-refractivity contribution in [3.05, 3.63) is 94.4 Å². The second-order valence-electron chi connectivity index (χ2n) is 9.70. The lowest BCUT2D eigenvalue weighted by molar-refractivity contribution is -0.137. The van der Waals surface area contributed by atoms with Crippen LogP contribution in [-0.2, 0) is 15.9 Å². The third kappa shape index (κ3) is 5.34. The maximum absolute atomic E-state index is 15.5. The fourth-order valence-electron chi connectivity index (χ4n) is 4.56. The molecule has 5 aromatic rings. The maximum atomic E-state index is 15.5. The molecule has 0 aliphatic carbocycles. The van der Waals surface area contributed by atoms with Gasteiger partial charge >= 0.3 is 6.18 Å². The molecule has 8 nitrogen and oxygen atoms in total. The molecule has 0 aliphatic heterocycles. The fraction of sp³-hybridized carbons (Fsp3) is 0.172. The lowest BCUT2D eigenvalue weighted by Crippen LogP contribution is -2.21. The highest BCUT2D eigenvalue weighted by Gasteiger charge is 2.31. The molecule has 3 aromatic heterocycles. The number of nitrogens with zero attached hydrogens (tertiary/aromatic N) is 3. The van der Waals surface area contributed by atoms with Gasteiger partial charge in [-0.05, 0) is 53.7 Å². The van der Waals surface area contributed by atoms with Crippen molar-refractivity contribution in [2.75, 3.05) is 11.8 Å². The van der Waals surface area contributed by atoms with E-state index in [0.717, 1.165) is 18.2 Å². The van der Waals surface area contributed by atoms with Gasteiger partial charge in [0.25, 0.3) is 5.56 Å². The van der Waals surface area contributed by atoms with E-state index in [4.69, 9.17) is 9.26 Å². The number of fused-ring (bicyclic) bond motifs is 1. The van der Waals surface area contributed by atoms with Crippen LogP contribution < -0.4 is 15.0 Å². The Morgan fingerprint density at radius 2 is 1.86 bits per heavy atom. The molecule has 2 aromatic carbocycles. The summed E-state index contributed by atoms with van der Waals surface area (Å²) >= 11 is 0. The monoisotopic (exact) mass is 600 g/mol. The summed E-state index contributed by atoms with van der Waals surface area (Å²) in [5.74, 6) is 3.18. The van der Waals surface area contributed by atoms with Crippen molar-refractivity contribution < 1.29 is 31.0 Å². The van der Waals surface area contributed by atoms with E-state index in [0.29, 0.717) is 27.6 Å². The second kappa shape index (κ2) is 10.6. The molecule has 218 valence electrons. The first-order chi connectivity index (χ1) is 19.8. The summed E-state index contributed by atoms with van der Waals surface area (Å²) in [6, 6.07) is 11.9. The quantitative estimate of drug-likeness (QED) is 0.171. The fourth-order valence-corrected chi connectivity index (χ4v) is 5.72. The van der Waals surface area contributed by atoms with E-state index in [2.05, 4.69) is 20.7 Å². The summed E-state index contributed by atoms with van der Waals surface area (Å²) in [7, 11) is -1.77. The molecule has 3 heterocycles. The van der Waals surface area contributed by atoms with Crippen LogP contribution in [0.4, 0.5) is 23.4 Å². The van der Waals surface area contributed by atoms with Crippen LogP contribution in [0.25, 0.3) is 27.8 Å². The van der Waals surface area contributed by atoms with E-state index in [9.17, 15) is 22.2 Å². The van der Waals surface area contributed by atoms with Gasteiger partial charge in [-0.2, -0.15) is 13.2 Å². The minimum absolute atomic E-state index is 0.0489. The minimum atomic E-state index is -4.59. The SMILES string of the molecule is C=S(=O)(Nc1ccon1)c1ccc2c(c1)c(C(C)C)cc(=O)n2-c1cc(F)c(-c2ccc(C(F)(F)F)cn2)cc1OC. The van der Waals surface area contributed by atoms with Crippen LogP contribution in [0.3, 0.4) is 0 Å². The smallest absolute Gasteiger partial charge is 0.417 e. The van der Waals surface area contributed by atoms with Gasteiger partial charge in [0.2, 0.25) is 0 Å². The van der Waals surface area contributed by atoms with E-state index in [1.165, 1.54) is 42.2 Å². The van der Waals surface area contributed by atoms with Gasteiger partial charge in [0.1, 0.15) is 17.8 Å². The van der Waals surface area contributed by atoms with Crippen LogP contribution in [0, 0.1) is 5.82 Å². The molecule has 0 saturated heterocycles. The van der Waals surface area contributed by atoms with Gasteiger partial charge in [-0.25, -0.2) is 8.60 Å². The molecular formula is C29H24F4N4O4S. The predicted molar refractivity (Wildman–Crippen MR) is 152 cm³/mol. The van der Waals surface area contributed by atoms with E-state index >= 15 is 4.39 Å². The summed E-state index contributed by atoms with van der Waals surface area (Å²) in [5.41, 5.74) is -0.515. The van der Waals surface area contributed by atoms with Gasteiger partial charge < -0.3 is 9.26 Å². The minimum Gasteiger partial charge on any atom is -0.495 e. The standard InChI is InChI=1S/C29H24F4N4O4S/c1-16(2)19-13-28(38)37(24-8-6-18(11-20(19)24)42(4,39)36-27-9-10-41-35-27)25-14-22(30)21(12-26(25)40-3)23-7-5-17(15-34-23)29(31,32)33/h5-16H,4H2,1-3H3,(H,35,36,39). The van der Waals surface area contributed by atoms with Crippen LogP contribution >= 0.6 is 0 Å². The topological polar surface area (TPSA) is 99.2 Å². The molecule has 0 bridgehead atoms. The average molecular weight is 601 g/mol. The highest BCUT2D eigenvalue weighted by molar-refractivity contribution is 8.01. The second-order valence-corrected chi connectivity index (χ2v) is 11.7. The number of hydrogen-bond acceptors (Lipinski definition) is 6. The van der Waals surface area contributed by atoms with E-state index in [1.54, 1.807) is 12.1 Å². The van der Waals surface area contributed by atoms with Crippen molar-refractivity contribution >= 4 is 32.3 Å². The Balaban J connectivity index is 1.68. The Morgan fingerprint density at radius 1 is 1.10 bits per heavy atom. The number of aromatic nitrogens is 3. The molecule has 0 aliphatic rings. The van der Waals surface area contributed by atoms with Gasteiger partial charge in [-0.15, -0.1) is 0 Å². The van der Waals surface area contributed by atoms with Crippen molar-refractivity contribution in [2.24, 2.45) is 0 Å². The van der Waals surface area contributed by atoms with E-state index in [-0.39, 0.29) is 34.4 Å². The molecule has 0 saturated carbocycles. The Hall–Kier alpha value is -4.65. The molecule has 1 N–H and O–H groups in total. The highest BCUT2D eigenvalue weighted by Crippen LogP contribution is 2.36. The van der Waals surface area contributed by atoms with Gasteiger partial charge in [0, 0.05) is 35.3 Å². The number of pyridine rings is 2. The molecule has 0 fully saturated rings. The Kier molecular flexibility index (Phi) is 7.31. The number of methoxy groups -OCH3 is 1. The number of anilines is 1. The van der Waals surface area contributed by atoms with Crippen LogP contribution in [0.2, 0.25) is 0 Å². The molecule has 42 heavy (non-hydrogen) atoms. The summed E-state index contributed by atoms with van der Waals surface area (Å²) in [6.07, 6.45) is -2.66. The first-order valence-electron chi connectivity index (χ1n) is 12.5. The Bertz CT molecular complexity index is 1950. The van der Waals surface area contributed by atoms with Crippen molar-refractivity contribution in [3.8, 4) is 22.7 Å². The first-order valence-corrected chi connectivity index (χ1v) is 14.2. The average Bonchev–Trinajstić information content (AvgIpc) is 3.44. The van der Waals surface area contributed by atoms with Crippen molar-refractivity contribution in [2.45, 2.75) is 30.8 Å². The number of hydrogen-bond donors (Lipinski definition) is 1. The number of ether oxygens (including phenoxy) is 1. The third-order valence-electron chi connectivity index (χ3n) is 6.61.